The summed E-state index contributed by atoms with van der Waals surface area (Å²) < 4.78 is 2.20. The summed E-state index contributed by atoms with van der Waals surface area (Å²) in [5.41, 5.74) is 0.582. The summed E-state index contributed by atoms with van der Waals surface area (Å²) in [7, 11) is 1.80. The van der Waals surface area contributed by atoms with E-state index in [2.05, 4.69) is 10.1 Å². The molecule has 2 aromatic rings. The smallest absolute Gasteiger partial charge is 0.149 e. The van der Waals surface area contributed by atoms with Gasteiger partial charge in [0.05, 0.1) is 11.9 Å². The number of aliphatic hydroxyl groups excluding tert-OH is 1. The van der Waals surface area contributed by atoms with Crippen molar-refractivity contribution in [2.45, 2.75) is 6.10 Å². The lowest BCUT2D eigenvalue weighted by atomic mass is 10.3. The number of hydrogen-bond donors (Lipinski definition) is 1. The molecule has 0 aliphatic heterocycles. The Kier molecular flexibility index (Phi) is 2.54. The second-order valence-corrected chi connectivity index (χ2v) is 4.51. The van der Waals surface area contributed by atoms with Gasteiger partial charge < -0.3 is 5.11 Å². The van der Waals surface area contributed by atoms with Gasteiger partial charge in [0.15, 0.2) is 0 Å². The van der Waals surface area contributed by atoms with Crippen LogP contribution in [0.1, 0.15) is 16.8 Å². The van der Waals surface area contributed by atoms with E-state index in [4.69, 9.17) is 11.6 Å². The molecule has 0 bridgehead atoms. The van der Waals surface area contributed by atoms with E-state index in [1.165, 1.54) is 17.5 Å². The van der Waals surface area contributed by atoms with E-state index in [9.17, 15) is 5.11 Å². The van der Waals surface area contributed by atoms with Crippen molar-refractivity contribution < 1.29 is 5.11 Å². The Morgan fingerprint density at radius 1 is 1.64 bits per heavy atom. The van der Waals surface area contributed by atoms with Gasteiger partial charge in [-0.05, 0) is 6.07 Å². The molecule has 14 heavy (non-hydrogen) atoms. The van der Waals surface area contributed by atoms with Crippen molar-refractivity contribution in [3.05, 3.63) is 33.5 Å². The van der Waals surface area contributed by atoms with E-state index >= 15 is 0 Å². The Bertz CT molecular complexity index is 399. The predicted molar refractivity (Wildman–Crippen MR) is 54.4 cm³/mol. The number of aromatic nitrogens is 3. The molecule has 1 unspecified atom stereocenters. The first-order chi connectivity index (χ1) is 6.66. The van der Waals surface area contributed by atoms with Gasteiger partial charge in [0.1, 0.15) is 15.4 Å². The van der Waals surface area contributed by atoms with E-state index < -0.39 is 6.10 Å². The lowest BCUT2D eigenvalue weighted by Crippen LogP contribution is -2.00. The summed E-state index contributed by atoms with van der Waals surface area (Å²) >= 11 is 6.97. The van der Waals surface area contributed by atoms with Crippen LogP contribution in [0.2, 0.25) is 4.34 Å². The lowest BCUT2D eigenvalue weighted by molar-refractivity contribution is 0.214. The van der Waals surface area contributed by atoms with Crippen LogP contribution in [-0.4, -0.2) is 19.9 Å². The van der Waals surface area contributed by atoms with Crippen molar-refractivity contribution in [3.8, 4) is 0 Å². The van der Waals surface area contributed by atoms with Crippen LogP contribution < -0.4 is 0 Å². The Morgan fingerprint density at radius 3 is 2.93 bits per heavy atom. The molecule has 1 N–H and O–H groups in total. The average Bonchev–Trinajstić information content (AvgIpc) is 2.73. The largest absolute Gasteiger partial charge is 0.379 e. The SMILES string of the molecule is Cn1ccc(C(O)c2ncc(Cl)s2)n1. The average molecular weight is 230 g/mol. The molecule has 2 heterocycles. The van der Waals surface area contributed by atoms with Crippen molar-refractivity contribution in [1.29, 1.82) is 0 Å². The Morgan fingerprint density at radius 2 is 2.43 bits per heavy atom. The van der Waals surface area contributed by atoms with Crippen LogP contribution in [0.3, 0.4) is 0 Å². The molecule has 74 valence electrons. The topological polar surface area (TPSA) is 50.9 Å². The number of hydrogen-bond acceptors (Lipinski definition) is 4. The first-order valence-corrected chi connectivity index (χ1v) is 5.15. The van der Waals surface area contributed by atoms with E-state index in [1.807, 2.05) is 0 Å². The number of rotatable bonds is 2. The van der Waals surface area contributed by atoms with Gasteiger partial charge in [0.25, 0.3) is 0 Å². The highest BCUT2D eigenvalue weighted by Crippen LogP contribution is 2.27. The van der Waals surface area contributed by atoms with E-state index in [-0.39, 0.29) is 0 Å². The van der Waals surface area contributed by atoms with Crippen molar-refractivity contribution >= 4 is 22.9 Å². The third-order valence-corrected chi connectivity index (χ3v) is 2.91. The van der Waals surface area contributed by atoms with Crippen LogP contribution in [0.25, 0.3) is 0 Å². The molecule has 4 nitrogen and oxygen atoms in total. The molecule has 0 aliphatic rings. The van der Waals surface area contributed by atoms with Crippen LogP contribution in [0.4, 0.5) is 0 Å². The molecule has 0 fully saturated rings. The lowest BCUT2D eigenvalue weighted by Gasteiger charge is -2.01. The van der Waals surface area contributed by atoms with Gasteiger partial charge >= 0.3 is 0 Å². The summed E-state index contributed by atoms with van der Waals surface area (Å²) in [6, 6.07) is 1.75. The maximum absolute atomic E-state index is 9.83. The molecule has 0 amide bonds. The van der Waals surface area contributed by atoms with Crippen LogP contribution in [0.5, 0.6) is 0 Å². The maximum atomic E-state index is 9.83. The van der Waals surface area contributed by atoms with E-state index in [1.54, 1.807) is 24.0 Å². The molecule has 0 radical (unpaired) electrons. The quantitative estimate of drug-likeness (QED) is 0.851. The number of nitrogens with zero attached hydrogens (tertiary/aromatic N) is 3. The molecule has 2 aromatic heterocycles. The van der Waals surface area contributed by atoms with Gasteiger partial charge in [-0.15, -0.1) is 11.3 Å². The maximum Gasteiger partial charge on any atom is 0.149 e. The summed E-state index contributed by atoms with van der Waals surface area (Å²) in [6.45, 7) is 0. The van der Waals surface area contributed by atoms with Crippen LogP contribution >= 0.6 is 22.9 Å². The first kappa shape index (κ1) is 9.64. The fourth-order valence-electron chi connectivity index (χ4n) is 1.10. The monoisotopic (exact) mass is 229 g/mol. The molecule has 2 rings (SSSR count). The minimum atomic E-state index is -0.784. The predicted octanol–water partition coefficient (Wildman–Crippen LogP) is 1.61. The van der Waals surface area contributed by atoms with Gasteiger partial charge in [0, 0.05) is 13.2 Å². The van der Waals surface area contributed by atoms with Gasteiger partial charge in [0.2, 0.25) is 0 Å². The highest BCUT2D eigenvalue weighted by atomic mass is 35.5. The summed E-state index contributed by atoms with van der Waals surface area (Å²) in [5, 5.41) is 14.5. The molecule has 0 spiro atoms. The van der Waals surface area contributed by atoms with Gasteiger partial charge in [-0.25, -0.2) is 4.98 Å². The zero-order chi connectivity index (χ0) is 10.1. The Balaban J connectivity index is 2.28. The van der Waals surface area contributed by atoms with Crippen LogP contribution in [0.15, 0.2) is 18.5 Å². The molecule has 0 saturated heterocycles. The summed E-state index contributed by atoms with van der Waals surface area (Å²) in [4.78, 5) is 3.99. The molecule has 0 aromatic carbocycles. The number of halogens is 1. The third-order valence-electron chi connectivity index (χ3n) is 1.74. The van der Waals surface area contributed by atoms with Crippen molar-refractivity contribution in [3.63, 3.8) is 0 Å². The van der Waals surface area contributed by atoms with Crippen molar-refractivity contribution in [1.82, 2.24) is 14.8 Å². The second-order valence-electron chi connectivity index (χ2n) is 2.82. The minimum absolute atomic E-state index is 0.564. The fraction of sp³-hybridized carbons (Fsp3) is 0.250. The van der Waals surface area contributed by atoms with Gasteiger partial charge in [-0.1, -0.05) is 11.6 Å². The molecule has 0 saturated carbocycles. The van der Waals surface area contributed by atoms with Crippen molar-refractivity contribution in [2.75, 3.05) is 0 Å². The van der Waals surface area contributed by atoms with E-state index in [0.29, 0.717) is 15.0 Å². The summed E-state index contributed by atoms with van der Waals surface area (Å²) in [5.74, 6) is 0. The summed E-state index contributed by atoms with van der Waals surface area (Å²) in [6.07, 6.45) is 2.51. The first-order valence-electron chi connectivity index (χ1n) is 3.95. The Labute approximate surface area is 89.8 Å². The molecule has 6 heteroatoms. The standard InChI is InChI=1S/C8H8ClN3OS/c1-12-3-2-5(11-12)7(13)8-10-4-6(9)14-8/h2-4,7,13H,1H3. The fourth-order valence-corrected chi connectivity index (χ4v) is 2.03. The molecular formula is C8H8ClN3OS. The minimum Gasteiger partial charge on any atom is -0.379 e. The molecular weight excluding hydrogens is 222 g/mol. The van der Waals surface area contributed by atoms with Gasteiger partial charge in [-0.2, -0.15) is 5.10 Å². The highest BCUT2D eigenvalue weighted by Gasteiger charge is 2.16. The molecule has 1 atom stereocenters. The van der Waals surface area contributed by atoms with Crippen molar-refractivity contribution in [2.24, 2.45) is 7.05 Å². The van der Waals surface area contributed by atoms with E-state index in [0.717, 1.165) is 0 Å². The Hall–Kier alpha value is -0.910. The zero-order valence-corrected chi connectivity index (χ0v) is 8.96. The number of thiazole rings is 1. The normalized spacial score (nSPS) is 13.1. The number of aryl methyl sites for hydroxylation is 1. The van der Waals surface area contributed by atoms with Crippen LogP contribution in [0, 0.1) is 0 Å². The van der Waals surface area contributed by atoms with Crippen LogP contribution in [-0.2, 0) is 7.05 Å². The molecule has 0 aliphatic carbocycles. The van der Waals surface area contributed by atoms with Gasteiger partial charge in [-0.3, -0.25) is 4.68 Å². The third kappa shape index (κ3) is 1.79. The second kappa shape index (κ2) is 3.68. The zero-order valence-electron chi connectivity index (χ0n) is 7.38. The highest BCUT2D eigenvalue weighted by molar-refractivity contribution is 7.15. The number of aliphatic hydroxyl groups is 1.